The van der Waals surface area contributed by atoms with Gasteiger partial charge in [-0.3, -0.25) is 9.59 Å². The van der Waals surface area contributed by atoms with E-state index in [1.54, 1.807) is 11.9 Å². The first kappa shape index (κ1) is 20.4. The Hall–Kier alpha value is -1.92. The highest BCUT2D eigenvalue weighted by molar-refractivity contribution is 5.86. The van der Waals surface area contributed by atoms with E-state index in [2.05, 4.69) is 18.7 Å². The van der Waals surface area contributed by atoms with Crippen molar-refractivity contribution in [3.05, 3.63) is 35.9 Å². The lowest BCUT2D eigenvalue weighted by atomic mass is 9.97. The van der Waals surface area contributed by atoms with Crippen molar-refractivity contribution in [2.75, 3.05) is 46.4 Å². The average Bonchev–Trinajstić information content (AvgIpc) is 2.67. The van der Waals surface area contributed by atoms with Crippen LogP contribution in [0.5, 0.6) is 0 Å². The molecule has 6 heteroatoms. The van der Waals surface area contributed by atoms with Gasteiger partial charge in [0.25, 0.3) is 5.91 Å². The van der Waals surface area contributed by atoms with E-state index in [0.29, 0.717) is 13.1 Å². The second kappa shape index (κ2) is 9.69. The number of nitrogens with zero attached hydrogens (tertiary/aromatic N) is 3. The SMILES string of the molecule is CCN(CC)CCN(CC)C(=O)[C@@H]1OCC(=O)N(C)[C@H]1c1ccccc1. The smallest absolute Gasteiger partial charge is 0.254 e. The number of carbonyl (C=O) groups is 2. The predicted molar refractivity (Wildman–Crippen MR) is 102 cm³/mol. The van der Waals surface area contributed by atoms with Crippen LogP contribution in [0.3, 0.4) is 0 Å². The van der Waals surface area contributed by atoms with E-state index in [0.717, 1.165) is 25.2 Å². The quantitative estimate of drug-likeness (QED) is 0.708. The maximum atomic E-state index is 13.2. The molecule has 1 fully saturated rings. The maximum absolute atomic E-state index is 13.2. The summed E-state index contributed by atoms with van der Waals surface area (Å²) in [5.74, 6) is -0.151. The molecule has 0 aromatic heterocycles. The molecule has 0 N–H and O–H groups in total. The molecule has 1 aliphatic heterocycles. The molecule has 1 aromatic carbocycles. The van der Waals surface area contributed by atoms with Crippen LogP contribution in [-0.4, -0.2) is 79.0 Å². The van der Waals surface area contributed by atoms with E-state index >= 15 is 0 Å². The number of morpholine rings is 1. The lowest BCUT2D eigenvalue weighted by Gasteiger charge is -2.40. The summed E-state index contributed by atoms with van der Waals surface area (Å²) in [6.07, 6.45) is -0.670. The number of hydrogen-bond acceptors (Lipinski definition) is 4. The zero-order valence-electron chi connectivity index (χ0n) is 16.4. The Bertz CT molecular complexity index is 589. The molecule has 0 radical (unpaired) electrons. The van der Waals surface area contributed by atoms with Crippen LogP contribution in [0.25, 0.3) is 0 Å². The van der Waals surface area contributed by atoms with Crippen molar-refractivity contribution in [3.63, 3.8) is 0 Å². The summed E-state index contributed by atoms with van der Waals surface area (Å²) >= 11 is 0. The summed E-state index contributed by atoms with van der Waals surface area (Å²) in [4.78, 5) is 31.1. The third-order valence-corrected chi connectivity index (χ3v) is 5.14. The first-order valence-electron chi connectivity index (χ1n) is 9.46. The van der Waals surface area contributed by atoms with Crippen LogP contribution in [-0.2, 0) is 14.3 Å². The molecule has 2 atom stereocenters. The predicted octanol–water partition coefficient (Wildman–Crippen LogP) is 1.78. The first-order valence-corrected chi connectivity index (χ1v) is 9.46. The number of carbonyl (C=O) groups excluding carboxylic acids is 2. The Morgan fingerprint density at radius 3 is 2.35 bits per heavy atom. The molecular formula is C20H31N3O3. The molecular weight excluding hydrogens is 330 g/mol. The summed E-state index contributed by atoms with van der Waals surface area (Å²) in [6, 6.07) is 9.25. The van der Waals surface area contributed by atoms with Gasteiger partial charge in [-0.05, 0) is 25.6 Å². The van der Waals surface area contributed by atoms with Gasteiger partial charge < -0.3 is 19.4 Å². The van der Waals surface area contributed by atoms with Crippen molar-refractivity contribution >= 4 is 11.8 Å². The molecule has 2 amide bonds. The number of benzene rings is 1. The van der Waals surface area contributed by atoms with Crippen molar-refractivity contribution in [2.24, 2.45) is 0 Å². The molecule has 0 spiro atoms. The highest BCUT2D eigenvalue weighted by atomic mass is 16.5. The molecule has 0 saturated carbocycles. The van der Waals surface area contributed by atoms with Crippen molar-refractivity contribution in [2.45, 2.75) is 32.9 Å². The number of amides is 2. The fourth-order valence-corrected chi connectivity index (χ4v) is 3.37. The number of likely N-dealkylation sites (N-methyl/N-ethyl adjacent to an activating group) is 3. The van der Waals surface area contributed by atoms with Gasteiger partial charge in [-0.15, -0.1) is 0 Å². The number of hydrogen-bond donors (Lipinski definition) is 0. The molecule has 0 aliphatic carbocycles. The van der Waals surface area contributed by atoms with E-state index in [9.17, 15) is 9.59 Å². The largest absolute Gasteiger partial charge is 0.356 e. The lowest BCUT2D eigenvalue weighted by molar-refractivity contribution is -0.167. The van der Waals surface area contributed by atoms with E-state index in [1.165, 1.54) is 0 Å². The monoisotopic (exact) mass is 361 g/mol. The Morgan fingerprint density at radius 2 is 1.77 bits per heavy atom. The number of ether oxygens (including phenoxy) is 1. The second-order valence-electron chi connectivity index (χ2n) is 6.54. The molecule has 0 bridgehead atoms. The van der Waals surface area contributed by atoms with E-state index < -0.39 is 12.1 Å². The van der Waals surface area contributed by atoms with Gasteiger partial charge >= 0.3 is 0 Å². The van der Waals surface area contributed by atoms with E-state index in [1.807, 2.05) is 42.2 Å². The van der Waals surface area contributed by atoms with Crippen molar-refractivity contribution in [1.29, 1.82) is 0 Å². The highest BCUT2D eigenvalue weighted by Crippen LogP contribution is 2.30. The van der Waals surface area contributed by atoms with E-state index in [4.69, 9.17) is 4.74 Å². The van der Waals surface area contributed by atoms with Gasteiger partial charge in [-0.2, -0.15) is 0 Å². The molecule has 1 aliphatic rings. The van der Waals surface area contributed by atoms with Crippen LogP contribution in [0, 0.1) is 0 Å². The molecule has 1 aromatic rings. The van der Waals surface area contributed by atoms with Gasteiger partial charge in [0.1, 0.15) is 6.61 Å². The van der Waals surface area contributed by atoms with Crippen LogP contribution >= 0.6 is 0 Å². The van der Waals surface area contributed by atoms with Gasteiger partial charge in [0.15, 0.2) is 6.10 Å². The fourth-order valence-electron chi connectivity index (χ4n) is 3.37. The topological polar surface area (TPSA) is 53.1 Å². The standard InChI is InChI=1S/C20H31N3O3/c1-5-22(6-2)13-14-23(7-3)20(25)19-18(16-11-9-8-10-12-16)21(4)17(24)15-26-19/h8-12,18-19H,5-7,13-15H2,1-4H3/t18-,19+/m0/s1. The fraction of sp³-hybridized carbons (Fsp3) is 0.600. The first-order chi connectivity index (χ1) is 12.5. The van der Waals surface area contributed by atoms with Crippen LogP contribution in [0.4, 0.5) is 0 Å². The lowest BCUT2D eigenvalue weighted by Crippen LogP contribution is -2.54. The molecule has 1 saturated heterocycles. The Balaban J connectivity index is 2.18. The molecule has 0 unspecified atom stereocenters. The van der Waals surface area contributed by atoms with Crippen LogP contribution in [0.2, 0.25) is 0 Å². The van der Waals surface area contributed by atoms with Gasteiger partial charge in [-0.1, -0.05) is 44.2 Å². The second-order valence-corrected chi connectivity index (χ2v) is 6.54. The highest BCUT2D eigenvalue weighted by Gasteiger charge is 2.41. The summed E-state index contributed by atoms with van der Waals surface area (Å²) in [5.41, 5.74) is 0.918. The van der Waals surface area contributed by atoms with Crippen molar-refractivity contribution in [1.82, 2.24) is 14.7 Å². The van der Waals surface area contributed by atoms with Gasteiger partial charge in [0.2, 0.25) is 5.91 Å². The Morgan fingerprint density at radius 1 is 1.12 bits per heavy atom. The zero-order chi connectivity index (χ0) is 19.1. The molecule has 1 heterocycles. The third-order valence-electron chi connectivity index (χ3n) is 5.14. The minimum absolute atomic E-state index is 0.0483. The minimum atomic E-state index is -0.670. The zero-order valence-corrected chi connectivity index (χ0v) is 16.4. The summed E-state index contributed by atoms with van der Waals surface area (Å²) in [7, 11) is 1.75. The average molecular weight is 361 g/mol. The summed E-state index contributed by atoms with van der Waals surface area (Å²) in [5, 5.41) is 0. The van der Waals surface area contributed by atoms with Crippen LogP contribution in [0.1, 0.15) is 32.4 Å². The van der Waals surface area contributed by atoms with Crippen LogP contribution in [0.15, 0.2) is 30.3 Å². The molecule has 2 rings (SSSR count). The van der Waals surface area contributed by atoms with E-state index in [-0.39, 0.29) is 18.4 Å². The van der Waals surface area contributed by atoms with Crippen molar-refractivity contribution < 1.29 is 14.3 Å². The van der Waals surface area contributed by atoms with Crippen molar-refractivity contribution in [3.8, 4) is 0 Å². The minimum Gasteiger partial charge on any atom is -0.356 e. The molecule has 26 heavy (non-hydrogen) atoms. The van der Waals surface area contributed by atoms with Gasteiger partial charge in [0.05, 0.1) is 6.04 Å². The Labute approximate surface area is 156 Å². The number of rotatable bonds is 8. The third kappa shape index (κ3) is 4.62. The summed E-state index contributed by atoms with van der Waals surface area (Å²) in [6.45, 7) is 10.2. The molecule has 6 nitrogen and oxygen atoms in total. The normalized spacial score (nSPS) is 20.5. The van der Waals surface area contributed by atoms with Gasteiger partial charge in [0, 0.05) is 26.7 Å². The van der Waals surface area contributed by atoms with Gasteiger partial charge in [-0.25, -0.2) is 0 Å². The molecule has 144 valence electrons. The maximum Gasteiger partial charge on any atom is 0.254 e. The summed E-state index contributed by atoms with van der Waals surface area (Å²) < 4.78 is 5.74. The Kier molecular flexibility index (Phi) is 7.60. The van der Waals surface area contributed by atoms with Crippen LogP contribution < -0.4 is 0 Å².